The molecule has 0 unspecified atom stereocenters. The van der Waals surface area contributed by atoms with Crippen LogP contribution in [0.15, 0.2) is 61.2 Å². The Labute approximate surface area is 157 Å². The number of hydrogen-bond donors (Lipinski definition) is 0. The highest BCUT2D eigenvalue weighted by Gasteiger charge is 2.29. The van der Waals surface area contributed by atoms with Crippen molar-refractivity contribution in [1.82, 2.24) is 19.4 Å². The molecule has 5 nitrogen and oxygen atoms in total. The van der Waals surface area contributed by atoms with Crippen LogP contribution >= 0.6 is 0 Å². The van der Waals surface area contributed by atoms with Crippen LogP contribution in [0.5, 0.6) is 0 Å². The van der Waals surface area contributed by atoms with E-state index in [1.807, 2.05) is 24.5 Å². The Morgan fingerprint density at radius 1 is 1.19 bits per heavy atom. The number of halogens is 1. The van der Waals surface area contributed by atoms with Gasteiger partial charge < -0.3 is 9.47 Å². The van der Waals surface area contributed by atoms with Crippen LogP contribution in [0.2, 0.25) is 0 Å². The van der Waals surface area contributed by atoms with Gasteiger partial charge >= 0.3 is 0 Å². The van der Waals surface area contributed by atoms with Gasteiger partial charge in [-0.2, -0.15) is 0 Å². The highest BCUT2D eigenvalue weighted by molar-refractivity contribution is 5.94. The van der Waals surface area contributed by atoms with Gasteiger partial charge in [0.15, 0.2) is 0 Å². The summed E-state index contributed by atoms with van der Waals surface area (Å²) >= 11 is 0. The zero-order chi connectivity index (χ0) is 18.6. The van der Waals surface area contributed by atoms with Crippen LogP contribution in [-0.4, -0.2) is 38.4 Å². The molecule has 1 aromatic carbocycles. The first-order chi connectivity index (χ1) is 13.2. The van der Waals surface area contributed by atoms with Gasteiger partial charge in [-0.25, -0.2) is 9.37 Å². The maximum atomic E-state index is 14.0. The number of piperidine rings is 1. The summed E-state index contributed by atoms with van der Waals surface area (Å²) in [5.74, 6) is 0.386. The number of rotatable bonds is 4. The average Bonchev–Trinajstić information content (AvgIpc) is 3.17. The highest BCUT2D eigenvalue weighted by atomic mass is 19.1. The van der Waals surface area contributed by atoms with Crippen molar-refractivity contribution in [3.63, 3.8) is 0 Å². The van der Waals surface area contributed by atoms with E-state index in [9.17, 15) is 9.18 Å². The van der Waals surface area contributed by atoms with Gasteiger partial charge in [0.2, 0.25) is 0 Å². The van der Waals surface area contributed by atoms with Crippen LogP contribution in [0.4, 0.5) is 4.39 Å². The quantitative estimate of drug-likeness (QED) is 0.712. The standard InChI is InChI=1S/C21H21FN4O/c22-19-8-2-1-7-18(19)21(27)26-11-4-6-17(15-26)20-24-10-12-25(20)14-16-5-3-9-23-13-16/h1-3,5,7-10,12-13,17H,4,6,11,14-15H2/t17-/m0/s1. The Bertz CT molecular complexity index is 925. The Balaban J connectivity index is 1.52. The molecule has 4 rings (SSSR count). The molecule has 138 valence electrons. The first kappa shape index (κ1) is 17.4. The fourth-order valence-corrected chi connectivity index (χ4v) is 3.68. The fraction of sp³-hybridized carbons (Fsp3) is 0.286. The van der Waals surface area contributed by atoms with Gasteiger partial charge in [0.05, 0.1) is 12.1 Å². The number of amides is 1. The molecule has 3 heterocycles. The summed E-state index contributed by atoms with van der Waals surface area (Å²) in [7, 11) is 0. The maximum absolute atomic E-state index is 14.0. The lowest BCUT2D eigenvalue weighted by atomic mass is 9.96. The molecule has 2 aromatic heterocycles. The van der Waals surface area contributed by atoms with Crippen molar-refractivity contribution < 1.29 is 9.18 Å². The number of hydrogen-bond acceptors (Lipinski definition) is 3. The monoisotopic (exact) mass is 364 g/mol. The van der Waals surface area contributed by atoms with E-state index in [0.717, 1.165) is 24.2 Å². The van der Waals surface area contributed by atoms with Gasteiger partial charge in [0.25, 0.3) is 5.91 Å². The van der Waals surface area contributed by atoms with E-state index in [-0.39, 0.29) is 17.4 Å². The van der Waals surface area contributed by atoms with Crippen LogP contribution in [0, 0.1) is 5.82 Å². The number of carbonyl (C=O) groups excluding carboxylic acids is 1. The van der Waals surface area contributed by atoms with Crippen LogP contribution in [-0.2, 0) is 6.54 Å². The van der Waals surface area contributed by atoms with E-state index in [1.54, 1.807) is 35.5 Å². The molecule has 1 aliphatic heterocycles. The second kappa shape index (κ2) is 7.70. The van der Waals surface area contributed by atoms with Crippen molar-refractivity contribution in [2.24, 2.45) is 0 Å². The van der Waals surface area contributed by atoms with Crippen LogP contribution in [0.3, 0.4) is 0 Å². The number of aromatic nitrogens is 3. The second-order valence-electron chi connectivity index (χ2n) is 6.84. The summed E-state index contributed by atoms with van der Waals surface area (Å²) in [6.45, 7) is 1.89. The predicted molar refractivity (Wildman–Crippen MR) is 99.8 cm³/mol. The third-order valence-electron chi connectivity index (χ3n) is 5.00. The van der Waals surface area contributed by atoms with Crippen LogP contribution in [0.25, 0.3) is 0 Å². The lowest BCUT2D eigenvalue weighted by Gasteiger charge is -2.33. The molecule has 0 N–H and O–H groups in total. The average molecular weight is 364 g/mol. The Morgan fingerprint density at radius 3 is 2.89 bits per heavy atom. The third kappa shape index (κ3) is 3.74. The molecule has 1 aliphatic rings. The third-order valence-corrected chi connectivity index (χ3v) is 5.00. The molecule has 3 aromatic rings. The molecule has 27 heavy (non-hydrogen) atoms. The van der Waals surface area contributed by atoms with Crippen molar-refractivity contribution in [2.45, 2.75) is 25.3 Å². The van der Waals surface area contributed by atoms with Crippen molar-refractivity contribution in [1.29, 1.82) is 0 Å². The lowest BCUT2D eigenvalue weighted by molar-refractivity contribution is 0.0698. The summed E-state index contributed by atoms with van der Waals surface area (Å²) in [5, 5.41) is 0. The zero-order valence-electron chi connectivity index (χ0n) is 15.0. The van der Waals surface area contributed by atoms with Gasteiger partial charge in [0, 0.05) is 43.8 Å². The van der Waals surface area contributed by atoms with Gasteiger partial charge in [-0.15, -0.1) is 0 Å². The van der Waals surface area contributed by atoms with Crippen molar-refractivity contribution >= 4 is 5.91 Å². The number of nitrogens with zero attached hydrogens (tertiary/aromatic N) is 4. The van der Waals surface area contributed by atoms with E-state index in [2.05, 4.69) is 14.5 Å². The molecule has 0 radical (unpaired) electrons. The Morgan fingerprint density at radius 2 is 2.07 bits per heavy atom. The minimum atomic E-state index is -0.470. The summed E-state index contributed by atoms with van der Waals surface area (Å²) in [6.07, 6.45) is 9.20. The molecular formula is C21H21FN4O. The first-order valence-corrected chi connectivity index (χ1v) is 9.16. The number of pyridine rings is 1. The van der Waals surface area contributed by atoms with E-state index in [0.29, 0.717) is 19.6 Å². The SMILES string of the molecule is O=C(c1ccccc1F)N1CCC[C@H](c2nccn2Cc2cccnc2)C1. The minimum Gasteiger partial charge on any atom is -0.338 e. The fourth-order valence-electron chi connectivity index (χ4n) is 3.68. The summed E-state index contributed by atoms with van der Waals surface area (Å²) in [6, 6.07) is 10.1. The van der Waals surface area contributed by atoms with Crippen LogP contribution in [0.1, 0.15) is 40.5 Å². The van der Waals surface area contributed by atoms with Gasteiger partial charge in [0.1, 0.15) is 11.6 Å². The van der Waals surface area contributed by atoms with Crippen molar-refractivity contribution in [3.8, 4) is 0 Å². The minimum absolute atomic E-state index is 0.136. The molecule has 1 fully saturated rings. The van der Waals surface area contributed by atoms with E-state index >= 15 is 0 Å². The van der Waals surface area contributed by atoms with Crippen molar-refractivity contribution in [2.75, 3.05) is 13.1 Å². The Kier molecular flexibility index (Phi) is 4.96. The number of likely N-dealkylation sites (tertiary alicyclic amines) is 1. The van der Waals surface area contributed by atoms with Crippen LogP contribution < -0.4 is 0 Å². The molecule has 6 heteroatoms. The van der Waals surface area contributed by atoms with E-state index in [1.165, 1.54) is 6.07 Å². The maximum Gasteiger partial charge on any atom is 0.256 e. The second-order valence-corrected chi connectivity index (χ2v) is 6.84. The summed E-state index contributed by atoms with van der Waals surface area (Å²) in [5.41, 5.74) is 1.24. The predicted octanol–water partition coefficient (Wildman–Crippen LogP) is 3.49. The number of carbonyl (C=O) groups is 1. The molecule has 1 saturated heterocycles. The summed E-state index contributed by atoms with van der Waals surface area (Å²) < 4.78 is 16.1. The Hall–Kier alpha value is -3.02. The molecule has 0 saturated carbocycles. The first-order valence-electron chi connectivity index (χ1n) is 9.16. The molecule has 1 amide bonds. The zero-order valence-corrected chi connectivity index (χ0v) is 15.0. The topological polar surface area (TPSA) is 51.0 Å². The molecule has 0 bridgehead atoms. The largest absolute Gasteiger partial charge is 0.338 e. The van der Waals surface area contributed by atoms with E-state index in [4.69, 9.17) is 0 Å². The molecule has 0 spiro atoms. The lowest BCUT2D eigenvalue weighted by Crippen LogP contribution is -2.40. The van der Waals surface area contributed by atoms with Gasteiger partial charge in [-0.3, -0.25) is 9.78 Å². The normalized spacial score (nSPS) is 17.1. The molecular weight excluding hydrogens is 343 g/mol. The van der Waals surface area contributed by atoms with Crippen molar-refractivity contribution in [3.05, 3.63) is 84.0 Å². The van der Waals surface area contributed by atoms with Gasteiger partial charge in [-0.1, -0.05) is 18.2 Å². The molecule has 0 aliphatic carbocycles. The smallest absolute Gasteiger partial charge is 0.256 e. The van der Waals surface area contributed by atoms with Gasteiger partial charge in [-0.05, 0) is 36.6 Å². The number of benzene rings is 1. The van der Waals surface area contributed by atoms with E-state index < -0.39 is 5.82 Å². The molecule has 1 atom stereocenters. The highest BCUT2D eigenvalue weighted by Crippen LogP contribution is 2.27. The number of imidazole rings is 1. The summed E-state index contributed by atoms with van der Waals surface area (Å²) in [4.78, 5) is 23.2.